The van der Waals surface area contributed by atoms with Crippen molar-refractivity contribution < 1.29 is 5.11 Å². The highest BCUT2D eigenvalue weighted by atomic mass is 35.5. The molecule has 1 N–H and O–H groups in total. The summed E-state index contributed by atoms with van der Waals surface area (Å²) in [6.45, 7) is 6.40. The first-order chi connectivity index (χ1) is 7.38. The SMILES string of the molecule is CC(C)(C)c1cc(O)cc2cc(Cl)ccc12. The molecule has 0 aliphatic carbocycles. The van der Waals surface area contributed by atoms with Crippen LogP contribution in [0.2, 0.25) is 5.02 Å². The molecule has 0 spiro atoms. The summed E-state index contributed by atoms with van der Waals surface area (Å²) in [5.41, 5.74) is 1.14. The largest absolute Gasteiger partial charge is 0.508 e. The molecule has 1 nitrogen and oxygen atoms in total. The minimum absolute atomic E-state index is 0.00478. The number of hydrogen-bond acceptors (Lipinski definition) is 1. The van der Waals surface area contributed by atoms with Gasteiger partial charge >= 0.3 is 0 Å². The van der Waals surface area contributed by atoms with E-state index in [4.69, 9.17) is 11.6 Å². The normalized spacial score (nSPS) is 12.0. The van der Waals surface area contributed by atoms with Gasteiger partial charge in [-0.3, -0.25) is 0 Å². The smallest absolute Gasteiger partial charge is 0.116 e. The van der Waals surface area contributed by atoms with E-state index in [1.54, 1.807) is 6.07 Å². The third-order valence-corrected chi connectivity index (χ3v) is 2.94. The number of halogens is 1. The van der Waals surface area contributed by atoms with E-state index in [0.717, 1.165) is 16.3 Å². The Morgan fingerprint density at radius 2 is 1.75 bits per heavy atom. The van der Waals surface area contributed by atoms with Crippen LogP contribution in [0.5, 0.6) is 5.75 Å². The van der Waals surface area contributed by atoms with Crippen molar-refractivity contribution in [1.82, 2.24) is 0 Å². The number of aromatic hydroxyl groups is 1. The highest BCUT2D eigenvalue weighted by Gasteiger charge is 2.17. The minimum atomic E-state index is 0.00478. The van der Waals surface area contributed by atoms with E-state index in [0.29, 0.717) is 10.8 Å². The van der Waals surface area contributed by atoms with Crippen LogP contribution in [-0.2, 0) is 5.41 Å². The Balaban J connectivity index is 2.83. The lowest BCUT2D eigenvalue weighted by atomic mass is 9.83. The number of rotatable bonds is 0. The summed E-state index contributed by atoms with van der Waals surface area (Å²) < 4.78 is 0. The molecular formula is C14H15ClO. The van der Waals surface area contributed by atoms with Crippen LogP contribution < -0.4 is 0 Å². The van der Waals surface area contributed by atoms with Crippen LogP contribution in [-0.4, -0.2) is 5.11 Å². The van der Waals surface area contributed by atoms with Crippen molar-refractivity contribution in [3.8, 4) is 5.75 Å². The predicted molar refractivity (Wildman–Crippen MR) is 69.3 cm³/mol. The zero-order valence-electron chi connectivity index (χ0n) is 9.71. The van der Waals surface area contributed by atoms with E-state index in [2.05, 4.69) is 20.8 Å². The molecule has 16 heavy (non-hydrogen) atoms. The van der Waals surface area contributed by atoms with Crippen molar-refractivity contribution in [1.29, 1.82) is 0 Å². The molecule has 0 aromatic heterocycles. The van der Waals surface area contributed by atoms with Gasteiger partial charge in [0.05, 0.1) is 0 Å². The van der Waals surface area contributed by atoms with Gasteiger partial charge in [0.15, 0.2) is 0 Å². The summed E-state index contributed by atoms with van der Waals surface area (Å²) in [7, 11) is 0. The first-order valence-corrected chi connectivity index (χ1v) is 5.68. The third-order valence-electron chi connectivity index (χ3n) is 2.71. The van der Waals surface area contributed by atoms with Crippen LogP contribution in [0.15, 0.2) is 30.3 Å². The molecule has 0 heterocycles. The minimum Gasteiger partial charge on any atom is -0.508 e. The molecule has 0 bridgehead atoms. The number of phenols is 1. The first-order valence-electron chi connectivity index (χ1n) is 5.31. The van der Waals surface area contributed by atoms with Gasteiger partial charge in [-0.2, -0.15) is 0 Å². The summed E-state index contributed by atoms with van der Waals surface area (Å²) in [6, 6.07) is 9.35. The van der Waals surface area contributed by atoms with Crippen molar-refractivity contribution in [2.45, 2.75) is 26.2 Å². The van der Waals surface area contributed by atoms with Gasteiger partial charge in [-0.15, -0.1) is 0 Å². The monoisotopic (exact) mass is 234 g/mol. The molecule has 0 unspecified atom stereocenters. The molecule has 0 fully saturated rings. The topological polar surface area (TPSA) is 20.2 Å². The second kappa shape index (κ2) is 3.67. The molecule has 0 saturated carbocycles. The summed E-state index contributed by atoms with van der Waals surface area (Å²) in [5, 5.41) is 12.5. The van der Waals surface area contributed by atoms with Crippen molar-refractivity contribution in [2.24, 2.45) is 0 Å². The molecule has 0 radical (unpaired) electrons. The Hall–Kier alpha value is -1.21. The van der Waals surface area contributed by atoms with Crippen LogP contribution in [0.4, 0.5) is 0 Å². The van der Waals surface area contributed by atoms with Gasteiger partial charge in [0, 0.05) is 5.02 Å². The molecule has 2 aromatic rings. The average molecular weight is 235 g/mol. The fourth-order valence-electron chi connectivity index (χ4n) is 1.95. The summed E-state index contributed by atoms with van der Waals surface area (Å²) >= 11 is 5.96. The molecule has 0 aliphatic rings. The molecule has 2 aromatic carbocycles. The Kier molecular flexibility index (Phi) is 2.59. The second-order valence-corrected chi connectivity index (χ2v) is 5.55. The van der Waals surface area contributed by atoms with Crippen molar-refractivity contribution in [3.05, 3.63) is 40.9 Å². The van der Waals surface area contributed by atoms with Crippen LogP contribution in [0.1, 0.15) is 26.3 Å². The molecular weight excluding hydrogens is 220 g/mol. The van der Waals surface area contributed by atoms with Crippen molar-refractivity contribution in [2.75, 3.05) is 0 Å². The van der Waals surface area contributed by atoms with Crippen LogP contribution >= 0.6 is 11.6 Å². The van der Waals surface area contributed by atoms with Gasteiger partial charge in [0.25, 0.3) is 0 Å². The molecule has 0 aliphatic heterocycles. The predicted octanol–water partition coefficient (Wildman–Crippen LogP) is 4.50. The van der Waals surface area contributed by atoms with Gasteiger partial charge in [-0.05, 0) is 46.0 Å². The first kappa shape index (κ1) is 11.3. The van der Waals surface area contributed by atoms with E-state index in [-0.39, 0.29) is 5.41 Å². The lowest BCUT2D eigenvalue weighted by Crippen LogP contribution is -2.11. The highest BCUT2D eigenvalue weighted by molar-refractivity contribution is 6.31. The third kappa shape index (κ3) is 2.00. The number of benzene rings is 2. The molecule has 2 rings (SSSR count). The zero-order chi connectivity index (χ0) is 11.9. The number of hydrogen-bond donors (Lipinski definition) is 1. The Bertz CT molecular complexity index is 533. The maximum absolute atomic E-state index is 9.72. The Labute approximate surface area is 101 Å². The van der Waals surface area contributed by atoms with Gasteiger partial charge in [0.2, 0.25) is 0 Å². The fourth-order valence-corrected chi connectivity index (χ4v) is 2.13. The van der Waals surface area contributed by atoms with Crippen LogP contribution in [0.25, 0.3) is 10.8 Å². The highest BCUT2D eigenvalue weighted by Crippen LogP contribution is 2.34. The van der Waals surface area contributed by atoms with E-state index < -0.39 is 0 Å². The molecule has 84 valence electrons. The quantitative estimate of drug-likeness (QED) is 0.712. The zero-order valence-corrected chi connectivity index (χ0v) is 10.5. The standard InChI is InChI=1S/C14H15ClO/c1-14(2,3)13-8-11(16)7-9-6-10(15)4-5-12(9)13/h4-8,16H,1-3H3. The molecule has 0 amide bonds. The molecule has 0 saturated heterocycles. The van der Waals surface area contributed by atoms with E-state index in [9.17, 15) is 5.11 Å². The average Bonchev–Trinajstić information content (AvgIpc) is 2.14. The van der Waals surface area contributed by atoms with Gasteiger partial charge in [0.1, 0.15) is 5.75 Å². The number of phenolic OH excluding ortho intramolecular Hbond substituents is 1. The van der Waals surface area contributed by atoms with Crippen LogP contribution in [0.3, 0.4) is 0 Å². The second-order valence-electron chi connectivity index (χ2n) is 5.11. The molecule has 0 atom stereocenters. The van der Waals surface area contributed by atoms with Crippen molar-refractivity contribution in [3.63, 3.8) is 0 Å². The number of fused-ring (bicyclic) bond motifs is 1. The summed E-state index contributed by atoms with van der Waals surface area (Å²) in [6.07, 6.45) is 0. The van der Waals surface area contributed by atoms with Crippen molar-refractivity contribution >= 4 is 22.4 Å². The Morgan fingerprint density at radius 3 is 2.38 bits per heavy atom. The van der Waals surface area contributed by atoms with E-state index in [1.807, 2.05) is 24.3 Å². The Morgan fingerprint density at radius 1 is 1.06 bits per heavy atom. The summed E-state index contributed by atoms with van der Waals surface area (Å²) in [5.74, 6) is 0.291. The lowest BCUT2D eigenvalue weighted by molar-refractivity contribution is 0.472. The van der Waals surface area contributed by atoms with Gasteiger partial charge < -0.3 is 5.11 Å². The maximum atomic E-state index is 9.72. The molecule has 2 heteroatoms. The van der Waals surface area contributed by atoms with Gasteiger partial charge in [-0.1, -0.05) is 38.4 Å². The summed E-state index contributed by atoms with van der Waals surface area (Å²) in [4.78, 5) is 0. The fraction of sp³-hybridized carbons (Fsp3) is 0.286. The van der Waals surface area contributed by atoms with Crippen LogP contribution in [0, 0.1) is 0 Å². The van der Waals surface area contributed by atoms with E-state index >= 15 is 0 Å². The van der Waals surface area contributed by atoms with Gasteiger partial charge in [-0.25, -0.2) is 0 Å². The van der Waals surface area contributed by atoms with E-state index in [1.165, 1.54) is 0 Å². The maximum Gasteiger partial charge on any atom is 0.116 e. The lowest BCUT2D eigenvalue weighted by Gasteiger charge is -2.21.